The van der Waals surface area contributed by atoms with Gasteiger partial charge in [0.25, 0.3) is 0 Å². The van der Waals surface area contributed by atoms with Gasteiger partial charge in [-0.05, 0) is 12.5 Å². The minimum atomic E-state index is 0. The molecule has 0 unspecified atom stereocenters. The normalized spacial score (nSPS) is 15.0. The number of rotatable bonds is 6. The number of hydrogen-bond donors (Lipinski definition) is 1. The Kier molecular flexibility index (Phi) is 8.47. The van der Waals surface area contributed by atoms with E-state index < -0.39 is 0 Å². The number of nitrogens with zero attached hydrogens (tertiary/aromatic N) is 6. The van der Waals surface area contributed by atoms with Crippen LogP contribution in [0.1, 0.15) is 22.8 Å². The number of imidazole rings is 1. The van der Waals surface area contributed by atoms with Crippen LogP contribution in [-0.2, 0) is 19.6 Å². The van der Waals surface area contributed by atoms with Crippen molar-refractivity contribution >= 4 is 29.9 Å². The molecule has 0 amide bonds. The Labute approximate surface area is 200 Å². The molecule has 0 radical (unpaired) electrons. The van der Waals surface area contributed by atoms with Gasteiger partial charge in [-0.25, -0.2) is 4.98 Å². The highest BCUT2D eigenvalue weighted by molar-refractivity contribution is 14.0. The van der Waals surface area contributed by atoms with Crippen LogP contribution in [0.4, 0.5) is 0 Å². The zero-order chi connectivity index (χ0) is 20.8. The summed E-state index contributed by atoms with van der Waals surface area (Å²) in [5, 5.41) is 7.58. The zero-order valence-corrected chi connectivity index (χ0v) is 20.4. The summed E-state index contributed by atoms with van der Waals surface area (Å²) in [6.07, 6.45) is 3.88. The lowest BCUT2D eigenvalue weighted by molar-refractivity contribution is 0.169. The molecule has 31 heavy (non-hydrogen) atoms. The van der Waals surface area contributed by atoms with E-state index in [1.54, 1.807) is 0 Å². The predicted octanol–water partition coefficient (Wildman–Crippen LogP) is 2.74. The smallest absolute Gasteiger partial charge is 0.194 e. The van der Waals surface area contributed by atoms with Crippen molar-refractivity contribution in [2.24, 2.45) is 4.99 Å². The fourth-order valence-electron chi connectivity index (χ4n) is 3.76. The second kappa shape index (κ2) is 11.3. The van der Waals surface area contributed by atoms with Gasteiger partial charge in [0, 0.05) is 64.8 Å². The number of aromatic nitrogens is 3. The number of guanidine groups is 1. The standard InChI is InChI=1S/C22H29N7O.HI/c1-18-14-20(26-30-18)17-27-10-12-28(13-11-27)22(23-2)25-15-21-24-8-9-29(21)16-19-6-4-3-5-7-19;/h3-9,14H,10-13,15-17H2,1-2H3,(H,23,25);1H. The van der Waals surface area contributed by atoms with E-state index in [0.717, 1.165) is 62.5 Å². The van der Waals surface area contributed by atoms with Gasteiger partial charge in [0.2, 0.25) is 0 Å². The van der Waals surface area contributed by atoms with Gasteiger partial charge >= 0.3 is 0 Å². The fourth-order valence-corrected chi connectivity index (χ4v) is 3.76. The molecule has 1 fully saturated rings. The maximum Gasteiger partial charge on any atom is 0.194 e. The molecular weight excluding hydrogens is 505 g/mol. The third-order valence-corrected chi connectivity index (χ3v) is 5.35. The summed E-state index contributed by atoms with van der Waals surface area (Å²) < 4.78 is 7.35. The van der Waals surface area contributed by atoms with Crippen LogP contribution in [0.2, 0.25) is 0 Å². The molecule has 0 aliphatic carbocycles. The van der Waals surface area contributed by atoms with E-state index >= 15 is 0 Å². The van der Waals surface area contributed by atoms with Crippen molar-refractivity contribution in [3.63, 3.8) is 0 Å². The monoisotopic (exact) mass is 535 g/mol. The minimum absolute atomic E-state index is 0. The van der Waals surface area contributed by atoms with Crippen LogP contribution in [0, 0.1) is 6.92 Å². The first-order valence-corrected chi connectivity index (χ1v) is 10.4. The summed E-state index contributed by atoms with van der Waals surface area (Å²) in [5.41, 5.74) is 2.26. The number of halogens is 1. The van der Waals surface area contributed by atoms with Gasteiger partial charge in [-0.1, -0.05) is 35.5 Å². The quantitative estimate of drug-likeness (QED) is 0.298. The van der Waals surface area contributed by atoms with Crippen LogP contribution in [0.15, 0.2) is 58.3 Å². The molecule has 0 atom stereocenters. The molecule has 0 spiro atoms. The van der Waals surface area contributed by atoms with Crippen molar-refractivity contribution in [1.82, 2.24) is 29.8 Å². The maximum atomic E-state index is 5.17. The first-order chi connectivity index (χ1) is 14.7. The minimum Gasteiger partial charge on any atom is -0.361 e. The third-order valence-electron chi connectivity index (χ3n) is 5.35. The van der Waals surface area contributed by atoms with Crippen molar-refractivity contribution in [2.75, 3.05) is 33.2 Å². The van der Waals surface area contributed by atoms with Gasteiger partial charge in [-0.2, -0.15) is 0 Å². The average molecular weight is 535 g/mol. The topological polar surface area (TPSA) is 74.7 Å². The van der Waals surface area contributed by atoms with Gasteiger partial charge in [-0.3, -0.25) is 9.89 Å². The van der Waals surface area contributed by atoms with Crippen LogP contribution in [-0.4, -0.2) is 63.7 Å². The molecule has 8 nitrogen and oxygen atoms in total. The molecule has 0 bridgehead atoms. The number of nitrogens with one attached hydrogen (secondary N) is 1. The highest BCUT2D eigenvalue weighted by Gasteiger charge is 2.20. The van der Waals surface area contributed by atoms with Crippen LogP contribution in [0.25, 0.3) is 0 Å². The summed E-state index contributed by atoms with van der Waals surface area (Å²) in [5.74, 6) is 2.78. The molecule has 1 saturated heterocycles. The summed E-state index contributed by atoms with van der Waals surface area (Å²) in [6, 6.07) is 12.4. The van der Waals surface area contributed by atoms with E-state index in [9.17, 15) is 0 Å². The zero-order valence-electron chi connectivity index (χ0n) is 18.1. The number of hydrogen-bond acceptors (Lipinski definition) is 5. The van der Waals surface area contributed by atoms with Crippen molar-refractivity contribution < 1.29 is 4.52 Å². The Bertz CT molecular complexity index is 961. The predicted molar refractivity (Wildman–Crippen MR) is 131 cm³/mol. The van der Waals surface area contributed by atoms with Crippen LogP contribution >= 0.6 is 24.0 Å². The summed E-state index contributed by atoms with van der Waals surface area (Å²) in [4.78, 5) is 13.7. The van der Waals surface area contributed by atoms with Crippen molar-refractivity contribution in [3.05, 3.63) is 71.6 Å². The van der Waals surface area contributed by atoms with E-state index in [2.05, 4.69) is 59.1 Å². The summed E-state index contributed by atoms with van der Waals surface area (Å²) in [7, 11) is 1.84. The Morgan fingerprint density at radius 1 is 1.13 bits per heavy atom. The van der Waals surface area contributed by atoms with E-state index in [4.69, 9.17) is 4.52 Å². The average Bonchev–Trinajstić information content (AvgIpc) is 3.39. The van der Waals surface area contributed by atoms with Crippen LogP contribution < -0.4 is 5.32 Å². The second-order valence-electron chi connectivity index (χ2n) is 7.55. The number of aryl methyl sites for hydroxylation is 1. The van der Waals surface area contributed by atoms with Crippen LogP contribution in [0.5, 0.6) is 0 Å². The molecule has 2 aromatic heterocycles. The van der Waals surface area contributed by atoms with Gasteiger partial charge < -0.3 is 19.3 Å². The number of benzene rings is 1. The molecule has 1 aliphatic rings. The van der Waals surface area contributed by atoms with E-state index in [1.807, 2.05) is 38.5 Å². The maximum absolute atomic E-state index is 5.17. The Hall–Kier alpha value is -2.40. The van der Waals surface area contributed by atoms with Gasteiger partial charge in [0.1, 0.15) is 11.6 Å². The number of aliphatic imine (C=N–C) groups is 1. The highest BCUT2D eigenvalue weighted by atomic mass is 127. The first-order valence-electron chi connectivity index (χ1n) is 10.4. The molecule has 0 saturated carbocycles. The fraction of sp³-hybridized carbons (Fsp3) is 0.409. The first kappa shape index (κ1) is 23.3. The molecule has 4 rings (SSSR count). The lowest BCUT2D eigenvalue weighted by Crippen LogP contribution is -2.52. The van der Waals surface area contributed by atoms with E-state index in [-0.39, 0.29) is 24.0 Å². The molecule has 3 heterocycles. The molecule has 1 N–H and O–H groups in total. The SMILES string of the molecule is CN=C(NCc1nccn1Cc1ccccc1)N1CCN(Cc2cc(C)on2)CC1.I. The largest absolute Gasteiger partial charge is 0.361 e. The lowest BCUT2D eigenvalue weighted by Gasteiger charge is -2.36. The summed E-state index contributed by atoms with van der Waals surface area (Å²) >= 11 is 0. The molecule has 3 aromatic rings. The Balaban J connectivity index is 0.00000272. The van der Waals surface area contributed by atoms with Crippen molar-refractivity contribution in [2.45, 2.75) is 26.6 Å². The molecular formula is C22H30IN7O. The van der Waals surface area contributed by atoms with Crippen molar-refractivity contribution in [1.29, 1.82) is 0 Å². The van der Waals surface area contributed by atoms with Crippen LogP contribution in [0.3, 0.4) is 0 Å². The van der Waals surface area contributed by atoms with Crippen molar-refractivity contribution in [3.8, 4) is 0 Å². The van der Waals surface area contributed by atoms with E-state index in [0.29, 0.717) is 6.54 Å². The van der Waals surface area contributed by atoms with Gasteiger partial charge in [0.05, 0.1) is 12.2 Å². The van der Waals surface area contributed by atoms with Gasteiger partial charge in [-0.15, -0.1) is 24.0 Å². The van der Waals surface area contributed by atoms with Gasteiger partial charge in [0.15, 0.2) is 5.96 Å². The van der Waals surface area contributed by atoms with E-state index in [1.165, 1.54) is 5.56 Å². The highest BCUT2D eigenvalue weighted by Crippen LogP contribution is 2.10. The second-order valence-corrected chi connectivity index (χ2v) is 7.55. The molecule has 9 heteroatoms. The molecule has 1 aromatic carbocycles. The number of piperazine rings is 1. The third kappa shape index (κ3) is 6.30. The Morgan fingerprint density at radius 3 is 2.58 bits per heavy atom. The summed E-state index contributed by atoms with van der Waals surface area (Å²) in [6.45, 7) is 8.00. The molecule has 166 valence electrons. The Morgan fingerprint density at radius 2 is 1.90 bits per heavy atom. The molecule has 1 aliphatic heterocycles. The lowest BCUT2D eigenvalue weighted by atomic mass is 10.2.